The van der Waals surface area contributed by atoms with Crippen LogP contribution < -0.4 is 23.8 Å². The van der Waals surface area contributed by atoms with Crippen molar-refractivity contribution in [2.24, 2.45) is 20.5 Å². The molecule has 14 heteroatoms. The van der Waals surface area contributed by atoms with Crippen LogP contribution in [0.1, 0.15) is 0 Å². The zero-order valence-electron chi connectivity index (χ0n) is 22.5. The molecule has 0 radical (unpaired) electrons. The van der Waals surface area contributed by atoms with Crippen LogP contribution in [0.15, 0.2) is 69.0 Å². The Hall–Kier alpha value is -4.82. The molecule has 2 N–H and O–H groups in total. The van der Waals surface area contributed by atoms with Gasteiger partial charge in [0.05, 0.1) is 58.0 Å². The number of aliphatic hydroxyl groups is 2. The average Bonchev–Trinajstić information content (AvgIpc) is 2.98. The van der Waals surface area contributed by atoms with Gasteiger partial charge in [0, 0.05) is 49.5 Å². The minimum absolute atomic E-state index is 0.0514. The third-order valence-electron chi connectivity index (χ3n) is 5.64. The van der Waals surface area contributed by atoms with E-state index in [2.05, 4.69) is 20.5 Å². The van der Waals surface area contributed by atoms with Crippen molar-refractivity contribution in [1.82, 2.24) is 0 Å². The molecular formula is C26H30N6O8. The number of azo groups is 2. The lowest BCUT2D eigenvalue weighted by Gasteiger charge is -2.25. The van der Waals surface area contributed by atoms with Gasteiger partial charge in [-0.25, -0.2) is 0 Å². The summed E-state index contributed by atoms with van der Waals surface area (Å²) in [5.41, 5.74) is 2.01. The molecule has 0 amide bonds. The average molecular weight is 555 g/mol. The maximum atomic E-state index is 10.9. The van der Waals surface area contributed by atoms with E-state index in [4.69, 9.17) is 18.9 Å². The second-order valence-electron chi connectivity index (χ2n) is 8.00. The Labute approximate surface area is 230 Å². The van der Waals surface area contributed by atoms with Gasteiger partial charge in [-0.05, 0) is 12.1 Å². The highest BCUT2D eigenvalue weighted by Gasteiger charge is 2.17. The van der Waals surface area contributed by atoms with E-state index in [1.807, 2.05) is 0 Å². The van der Waals surface area contributed by atoms with E-state index in [1.165, 1.54) is 52.7 Å². The Morgan fingerprint density at radius 2 is 1.12 bits per heavy atom. The zero-order valence-corrected chi connectivity index (χ0v) is 22.5. The van der Waals surface area contributed by atoms with E-state index in [0.29, 0.717) is 51.4 Å². The van der Waals surface area contributed by atoms with Crippen molar-refractivity contribution in [1.29, 1.82) is 0 Å². The lowest BCUT2D eigenvalue weighted by Crippen LogP contribution is -2.30. The molecule has 0 aliphatic rings. The summed E-state index contributed by atoms with van der Waals surface area (Å²) in [6.07, 6.45) is 0. The predicted molar refractivity (Wildman–Crippen MR) is 147 cm³/mol. The van der Waals surface area contributed by atoms with Crippen molar-refractivity contribution in [3.05, 3.63) is 58.6 Å². The molecule has 212 valence electrons. The van der Waals surface area contributed by atoms with Gasteiger partial charge < -0.3 is 34.1 Å². The minimum atomic E-state index is -0.495. The first-order valence-electron chi connectivity index (χ1n) is 12.0. The summed E-state index contributed by atoms with van der Waals surface area (Å²) in [6, 6.07) is 12.1. The first-order chi connectivity index (χ1) is 19.4. The lowest BCUT2D eigenvalue weighted by atomic mass is 10.2. The van der Waals surface area contributed by atoms with E-state index in [0.717, 1.165) is 0 Å². The monoisotopic (exact) mass is 554 g/mol. The summed E-state index contributed by atoms with van der Waals surface area (Å²) >= 11 is 0. The van der Waals surface area contributed by atoms with Gasteiger partial charge in [-0.2, -0.15) is 5.11 Å². The van der Waals surface area contributed by atoms with Gasteiger partial charge in [0.2, 0.25) is 0 Å². The summed E-state index contributed by atoms with van der Waals surface area (Å²) in [6.45, 7) is 0.341. The highest BCUT2D eigenvalue weighted by molar-refractivity contribution is 5.71. The van der Waals surface area contributed by atoms with Crippen molar-refractivity contribution in [2.45, 2.75) is 0 Å². The molecule has 0 spiro atoms. The Balaban J connectivity index is 1.96. The number of nitrogens with zero attached hydrogens (tertiary/aromatic N) is 6. The van der Waals surface area contributed by atoms with E-state index in [9.17, 15) is 20.3 Å². The maximum absolute atomic E-state index is 10.9. The molecule has 3 rings (SSSR count). The van der Waals surface area contributed by atoms with Crippen molar-refractivity contribution < 1.29 is 34.1 Å². The fraction of sp³-hybridized carbons (Fsp3) is 0.308. The largest absolute Gasteiger partial charge is 0.494 e. The van der Waals surface area contributed by atoms with Crippen LogP contribution in [0, 0.1) is 10.1 Å². The summed E-state index contributed by atoms with van der Waals surface area (Å²) in [5.74, 6) is 1.51. The predicted octanol–water partition coefficient (Wildman–Crippen LogP) is 5.25. The second-order valence-corrected chi connectivity index (χ2v) is 8.00. The summed E-state index contributed by atoms with van der Waals surface area (Å²) in [7, 11) is 5.92. The van der Waals surface area contributed by atoms with Crippen LogP contribution in [0.4, 0.5) is 34.1 Å². The molecule has 14 nitrogen and oxygen atoms in total. The van der Waals surface area contributed by atoms with E-state index >= 15 is 0 Å². The number of nitro benzene ring substituents is 1. The molecule has 40 heavy (non-hydrogen) atoms. The number of ether oxygens (including phenoxy) is 4. The van der Waals surface area contributed by atoms with Crippen LogP contribution >= 0.6 is 0 Å². The summed E-state index contributed by atoms with van der Waals surface area (Å²) in [5, 5.41) is 46.7. The third-order valence-corrected chi connectivity index (χ3v) is 5.64. The number of aliphatic hydroxyl groups excluding tert-OH is 2. The highest BCUT2D eigenvalue weighted by Crippen LogP contribution is 2.43. The first kappa shape index (κ1) is 29.7. The number of methoxy groups -OCH3 is 4. The van der Waals surface area contributed by atoms with Gasteiger partial charge in [-0.3, -0.25) is 10.1 Å². The molecule has 3 aromatic carbocycles. The second kappa shape index (κ2) is 14.4. The van der Waals surface area contributed by atoms with Crippen LogP contribution in [0.2, 0.25) is 0 Å². The molecule has 0 saturated carbocycles. The maximum Gasteiger partial charge on any atom is 0.269 e. The SMILES string of the molecule is COc1cc(N=Nc2cc(OC)c(N(CCO)CCO)cc2OC)c(OC)cc1N=Nc1ccc([N+](=O)[O-])cc1. The first-order valence-corrected chi connectivity index (χ1v) is 12.0. The molecule has 0 aromatic heterocycles. The van der Waals surface area contributed by atoms with Gasteiger partial charge in [0.1, 0.15) is 40.1 Å². The van der Waals surface area contributed by atoms with Gasteiger partial charge in [-0.15, -0.1) is 15.3 Å². The number of nitro groups is 1. The van der Waals surface area contributed by atoms with Gasteiger partial charge in [0.25, 0.3) is 5.69 Å². The molecule has 0 fully saturated rings. The van der Waals surface area contributed by atoms with E-state index in [1.54, 1.807) is 29.2 Å². The molecule has 0 aliphatic heterocycles. The number of anilines is 1. The standard InChI is InChI=1S/C26H30N6O8/c1-37-23-14-20(24(38-2)13-19(23)28-27-17-5-7-18(8-6-17)32(35)36)29-30-21-15-26(40-4)22(16-25(21)39-3)31(9-11-33)10-12-34/h5-8,13-16,33-34H,9-12H2,1-4H3. The van der Waals surface area contributed by atoms with Gasteiger partial charge >= 0.3 is 0 Å². The Morgan fingerprint density at radius 1 is 0.700 bits per heavy atom. The zero-order chi connectivity index (χ0) is 29.1. The molecule has 0 unspecified atom stereocenters. The number of benzene rings is 3. The van der Waals surface area contributed by atoms with Crippen LogP contribution in [0.5, 0.6) is 23.0 Å². The lowest BCUT2D eigenvalue weighted by molar-refractivity contribution is -0.384. The van der Waals surface area contributed by atoms with Crippen molar-refractivity contribution >= 4 is 34.1 Å². The summed E-state index contributed by atoms with van der Waals surface area (Å²) in [4.78, 5) is 12.1. The Kier molecular flexibility index (Phi) is 10.7. The molecule has 0 atom stereocenters. The normalized spacial score (nSPS) is 11.2. The number of hydrogen-bond acceptors (Lipinski definition) is 13. The fourth-order valence-corrected chi connectivity index (χ4v) is 3.67. The molecule has 0 saturated heterocycles. The van der Waals surface area contributed by atoms with Gasteiger partial charge in [0.15, 0.2) is 0 Å². The molecule has 0 heterocycles. The molecule has 0 bridgehead atoms. The fourth-order valence-electron chi connectivity index (χ4n) is 3.67. The minimum Gasteiger partial charge on any atom is -0.494 e. The van der Waals surface area contributed by atoms with Crippen LogP contribution in [-0.2, 0) is 0 Å². The summed E-state index contributed by atoms with van der Waals surface area (Å²) < 4.78 is 22.0. The topological polar surface area (TPSA) is 173 Å². The smallest absolute Gasteiger partial charge is 0.269 e. The quantitative estimate of drug-likeness (QED) is 0.153. The third kappa shape index (κ3) is 7.18. The van der Waals surface area contributed by atoms with E-state index in [-0.39, 0.29) is 32.0 Å². The Morgan fingerprint density at radius 3 is 1.55 bits per heavy atom. The van der Waals surface area contributed by atoms with Crippen molar-refractivity contribution in [2.75, 3.05) is 59.6 Å². The number of non-ortho nitro benzene ring substituents is 1. The van der Waals surface area contributed by atoms with Gasteiger partial charge in [-0.1, -0.05) is 0 Å². The van der Waals surface area contributed by atoms with Crippen LogP contribution in [-0.4, -0.2) is 69.9 Å². The van der Waals surface area contributed by atoms with Crippen LogP contribution in [0.25, 0.3) is 0 Å². The van der Waals surface area contributed by atoms with Crippen molar-refractivity contribution in [3.63, 3.8) is 0 Å². The number of rotatable bonds is 14. The number of hydrogen-bond donors (Lipinski definition) is 2. The Bertz CT molecular complexity index is 1360. The van der Waals surface area contributed by atoms with E-state index < -0.39 is 4.92 Å². The molecule has 3 aromatic rings. The molecular weight excluding hydrogens is 524 g/mol. The van der Waals surface area contributed by atoms with Crippen LogP contribution in [0.3, 0.4) is 0 Å². The highest BCUT2D eigenvalue weighted by atomic mass is 16.6. The van der Waals surface area contributed by atoms with Crippen molar-refractivity contribution in [3.8, 4) is 23.0 Å². The molecule has 0 aliphatic carbocycles.